The zero-order valence-electron chi connectivity index (χ0n) is 9.21. The molecule has 1 atom stereocenters. The second-order valence-corrected chi connectivity index (χ2v) is 4.48. The molecule has 17 heavy (non-hydrogen) atoms. The van der Waals surface area contributed by atoms with Gasteiger partial charge in [-0.15, -0.1) is 0 Å². The predicted octanol–water partition coefficient (Wildman–Crippen LogP) is 3.04. The van der Waals surface area contributed by atoms with E-state index in [-0.39, 0.29) is 11.9 Å². The molecule has 0 bridgehead atoms. The lowest BCUT2D eigenvalue weighted by Gasteiger charge is -2.16. The lowest BCUT2D eigenvalue weighted by Crippen LogP contribution is -2.28. The van der Waals surface area contributed by atoms with Gasteiger partial charge in [-0.25, -0.2) is 9.82 Å². The van der Waals surface area contributed by atoms with E-state index in [9.17, 15) is 4.39 Å². The summed E-state index contributed by atoms with van der Waals surface area (Å²) in [5.74, 6) is 5.32. The summed E-state index contributed by atoms with van der Waals surface area (Å²) in [5, 5.41) is 0. The molecule has 1 unspecified atom stereocenters. The smallest absolute Gasteiger partial charge is 0.174 e. The second kappa shape index (κ2) is 5.00. The summed E-state index contributed by atoms with van der Waals surface area (Å²) in [7, 11) is 0. The van der Waals surface area contributed by atoms with Crippen molar-refractivity contribution in [1.29, 1.82) is 0 Å². The monoisotopic (exact) mass is 298 g/mol. The van der Waals surface area contributed by atoms with E-state index in [1.54, 1.807) is 25.3 Å². The van der Waals surface area contributed by atoms with E-state index in [4.69, 9.17) is 10.3 Å². The summed E-state index contributed by atoms with van der Waals surface area (Å²) in [6, 6.07) is 6.48. The summed E-state index contributed by atoms with van der Waals surface area (Å²) in [6.07, 6.45) is 1.57. The normalized spacial score (nSPS) is 12.7. The van der Waals surface area contributed by atoms with Crippen molar-refractivity contribution >= 4 is 15.9 Å². The Hall–Kier alpha value is -1.17. The molecule has 2 aromatic rings. The van der Waals surface area contributed by atoms with Crippen molar-refractivity contribution in [2.24, 2.45) is 5.84 Å². The van der Waals surface area contributed by atoms with Crippen molar-refractivity contribution in [3.8, 4) is 0 Å². The van der Waals surface area contributed by atoms with Gasteiger partial charge in [0.15, 0.2) is 4.67 Å². The molecule has 0 aliphatic carbocycles. The van der Waals surface area contributed by atoms with Crippen LogP contribution in [0, 0.1) is 12.7 Å². The predicted molar refractivity (Wildman–Crippen MR) is 66.7 cm³/mol. The zero-order valence-corrected chi connectivity index (χ0v) is 10.8. The lowest BCUT2D eigenvalue weighted by molar-refractivity contribution is 0.526. The number of hydrazine groups is 1. The minimum atomic E-state index is -0.234. The van der Waals surface area contributed by atoms with Crippen molar-refractivity contribution < 1.29 is 8.81 Å². The molecule has 0 saturated heterocycles. The fourth-order valence-corrected chi connectivity index (χ4v) is 2.19. The highest BCUT2D eigenvalue weighted by molar-refractivity contribution is 9.10. The first-order valence-corrected chi connectivity index (χ1v) is 5.88. The molecule has 1 aromatic carbocycles. The Bertz CT molecular complexity index is 527. The molecule has 0 amide bonds. The maximum absolute atomic E-state index is 13.2. The molecule has 1 aromatic heterocycles. The quantitative estimate of drug-likeness (QED) is 0.676. The molecule has 0 saturated carbocycles. The van der Waals surface area contributed by atoms with Crippen LogP contribution in [-0.4, -0.2) is 0 Å². The van der Waals surface area contributed by atoms with Gasteiger partial charge >= 0.3 is 0 Å². The Morgan fingerprint density at radius 1 is 1.41 bits per heavy atom. The summed E-state index contributed by atoms with van der Waals surface area (Å²) < 4.78 is 19.0. The first kappa shape index (κ1) is 12.3. The van der Waals surface area contributed by atoms with Crippen LogP contribution < -0.4 is 11.3 Å². The molecule has 2 rings (SSSR count). The summed E-state index contributed by atoms with van der Waals surface area (Å²) in [4.78, 5) is 0. The van der Waals surface area contributed by atoms with Crippen molar-refractivity contribution in [2.75, 3.05) is 0 Å². The maximum atomic E-state index is 13.2. The Balaban J connectivity index is 2.42. The lowest BCUT2D eigenvalue weighted by atomic mass is 10.00. The number of furan rings is 1. The average Bonchev–Trinajstić information content (AvgIpc) is 2.71. The van der Waals surface area contributed by atoms with E-state index in [0.29, 0.717) is 10.2 Å². The van der Waals surface area contributed by atoms with Crippen LogP contribution in [0.25, 0.3) is 0 Å². The summed E-state index contributed by atoms with van der Waals surface area (Å²) >= 11 is 3.30. The Morgan fingerprint density at radius 2 is 2.18 bits per heavy atom. The van der Waals surface area contributed by atoms with Gasteiger partial charge < -0.3 is 4.42 Å². The number of hydrogen-bond acceptors (Lipinski definition) is 3. The van der Waals surface area contributed by atoms with Crippen LogP contribution in [0.4, 0.5) is 4.39 Å². The minimum absolute atomic E-state index is 0.226. The van der Waals surface area contributed by atoms with Crippen LogP contribution in [0.2, 0.25) is 0 Å². The first-order chi connectivity index (χ1) is 8.13. The van der Waals surface area contributed by atoms with Gasteiger partial charge in [-0.1, -0.05) is 12.1 Å². The summed E-state index contributed by atoms with van der Waals surface area (Å²) in [5.41, 5.74) is 5.04. The maximum Gasteiger partial charge on any atom is 0.174 e. The average molecular weight is 299 g/mol. The third kappa shape index (κ3) is 2.41. The molecule has 90 valence electrons. The standard InChI is InChI=1S/C12H12BrFN2O/c1-7-6-8(2-3-10(7)14)11(16-15)9-4-5-17-12(9)13/h2-6,11,16H,15H2,1H3. The molecule has 1 heterocycles. The first-order valence-electron chi connectivity index (χ1n) is 5.08. The number of nitrogens with one attached hydrogen (secondary N) is 1. The Morgan fingerprint density at radius 3 is 2.71 bits per heavy atom. The number of aryl methyl sites for hydroxylation is 1. The SMILES string of the molecule is Cc1cc(C(NN)c2ccoc2Br)ccc1F. The van der Waals surface area contributed by atoms with Gasteiger partial charge in [0.25, 0.3) is 0 Å². The number of hydrogen-bond donors (Lipinski definition) is 2. The van der Waals surface area contributed by atoms with Gasteiger partial charge in [0.05, 0.1) is 12.3 Å². The van der Waals surface area contributed by atoms with Gasteiger partial charge in [0, 0.05) is 5.56 Å². The van der Waals surface area contributed by atoms with Crippen LogP contribution in [-0.2, 0) is 0 Å². The number of halogens is 2. The highest BCUT2D eigenvalue weighted by atomic mass is 79.9. The van der Waals surface area contributed by atoms with Gasteiger partial charge in [0.1, 0.15) is 5.82 Å². The van der Waals surface area contributed by atoms with Gasteiger partial charge in [-0.2, -0.15) is 0 Å². The van der Waals surface area contributed by atoms with Crippen molar-refractivity contribution in [2.45, 2.75) is 13.0 Å². The van der Waals surface area contributed by atoms with E-state index >= 15 is 0 Å². The molecule has 0 spiro atoms. The minimum Gasteiger partial charge on any atom is -0.457 e. The topological polar surface area (TPSA) is 51.2 Å². The Kier molecular flexibility index (Phi) is 3.61. The fraction of sp³-hybridized carbons (Fsp3) is 0.167. The zero-order chi connectivity index (χ0) is 12.4. The van der Waals surface area contributed by atoms with E-state index in [2.05, 4.69) is 21.4 Å². The third-order valence-corrected chi connectivity index (χ3v) is 3.28. The van der Waals surface area contributed by atoms with Gasteiger partial charge in [0.2, 0.25) is 0 Å². The van der Waals surface area contributed by atoms with E-state index in [1.807, 2.05) is 6.07 Å². The molecule has 0 radical (unpaired) electrons. The number of rotatable bonds is 3. The highest BCUT2D eigenvalue weighted by Gasteiger charge is 2.18. The van der Waals surface area contributed by atoms with Crippen LogP contribution >= 0.6 is 15.9 Å². The molecule has 0 aliphatic heterocycles. The largest absolute Gasteiger partial charge is 0.457 e. The van der Waals surface area contributed by atoms with E-state index < -0.39 is 0 Å². The Labute approximate surface area is 107 Å². The molecule has 5 heteroatoms. The van der Waals surface area contributed by atoms with Crippen LogP contribution in [0.1, 0.15) is 22.7 Å². The van der Waals surface area contributed by atoms with E-state index in [1.165, 1.54) is 6.07 Å². The molecule has 0 aliphatic rings. The van der Waals surface area contributed by atoms with E-state index in [0.717, 1.165) is 11.1 Å². The third-order valence-electron chi connectivity index (χ3n) is 2.64. The van der Waals surface area contributed by atoms with Crippen LogP contribution in [0.15, 0.2) is 39.6 Å². The van der Waals surface area contributed by atoms with Gasteiger partial charge in [-0.05, 0) is 46.1 Å². The molecule has 3 nitrogen and oxygen atoms in total. The fourth-order valence-electron chi connectivity index (χ4n) is 1.72. The molecule has 0 fully saturated rings. The molecule has 3 N–H and O–H groups in total. The van der Waals surface area contributed by atoms with Crippen molar-refractivity contribution in [3.63, 3.8) is 0 Å². The van der Waals surface area contributed by atoms with Crippen molar-refractivity contribution in [3.05, 3.63) is 57.7 Å². The van der Waals surface area contributed by atoms with Crippen molar-refractivity contribution in [1.82, 2.24) is 5.43 Å². The number of benzene rings is 1. The van der Waals surface area contributed by atoms with Crippen LogP contribution in [0.5, 0.6) is 0 Å². The number of nitrogens with two attached hydrogens (primary N) is 1. The van der Waals surface area contributed by atoms with Crippen LogP contribution in [0.3, 0.4) is 0 Å². The summed E-state index contributed by atoms with van der Waals surface area (Å²) in [6.45, 7) is 1.72. The van der Waals surface area contributed by atoms with Gasteiger partial charge in [-0.3, -0.25) is 5.84 Å². The molecular formula is C12H12BrFN2O. The molecular weight excluding hydrogens is 287 g/mol. The second-order valence-electron chi connectivity index (χ2n) is 3.76. The highest BCUT2D eigenvalue weighted by Crippen LogP contribution is 2.29.